The van der Waals surface area contributed by atoms with Crippen LogP contribution >= 0.6 is 0 Å². The third-order valence-corrected chi connectivity index (χ3v) is 2.92. The molecular formula is C12H18N4O. The van der Waals surface area contributed by atoms with Crippen molar-refractivity contribution in [2.75, 3.05) is 11.9 Å². The zero-order valence-electron chi connectivity index (χ0n) is 10.3. The summed E-state index contributed by atoms with van der Waals surface area (Å²) in [6, 6.07) is -0.188. The molecule has 0 aromatic carbocycles. The first-order chi connectivity index (χ1) is 8.16. The van der Waals surface area contributed by atoms with Crippen LogP contribution in [0.5, 0.6) is 0 Å². The van der Waals surface area contributed by atoms with Gasteiger partial charge in [0.2, 0.25) is 5.91 Å². The van der Waals surface area contributed by atoms with Crippen LogP contribution in [0.3, 0.4) is 0 Å². The lowest BCUT2D eigenvalue weighted by atomic mass is 10.1. The summed E-state index contributed by atoms with van der Waals surface area (Å²) in [4.78, 5) is 20.4. The lowest BCUT2D eigenvalue weighted by molar-refractivity contribution is -0.121. The number of hydrogen-bond donors (Lipinski definition) is 2. The van der Waals surface area contributed by atoms with E-state index in [0.29, 0.717) is 5.82 Å². The Kier molecular flexibility index (Phi) is 3.56. The molecule has 0 radical (unpaired) electrons. The second-order valence-corrected chi connectivity index (χ2v) is 4.43. The van der Waals surface area contributed by atoms with E-state index >= 15 is 0 Å². The van der Waals surface area contributed by atoms with Crippen LogP contribution in [-0.2, 0) is 4.79 Å². The highest BCUT2D eigenvalue weighted by Gasteiger charge is 2.21. The third-order valence-electron chi connectivity index (χ3n) is 2.92. The van der Waals surface area contributed by atoms with E-state index in [1.54, 1.807) is 6.20 Å². The molecule has 1 amide bonds. The Hall–Kier alpha value is -1.65. The predicted molar refractivity (Wildman–Crippen MR) is 65.8 cm³/mol. The van der Waals surface area contributed by atoms with Crippen LogP contribution < -0.4 is 10.6 Å². The van der Waals surface area contributed by atoms with Crippen LogP contribution in [0.2, 0.25) is 0 Å². The molecule has 0 saturated carbocycles. The fourth-order valence-corrected chi connectivity index (χ4v) is 1.92. The molecule has 1 aromatic heterocycles. The van der Waals surface area contributed by atoms with Gasteiger partial charge in [0.05, 0.1) is 11.4 Å². The number of nitrogens with one attached hydrogen (secondary N) is 2. The van der Waals surface area contributed by atoms with Gasteiger partial charge in [-0.2, -0.15) is 0 Å². The van der Waals surface area contributed by atoms with Gasteiger partial charge < -0.3 is 10.6 Å². The van der Waals surface area contributed by atoms with Gasteiger partial charge in [0.25, 0.3) is 0 Å². The number of nitrogens with zero attached hydrogens (tertiary/aromatic N) is 2. The van der Waals surface area contributed by atoms with Crippen molar-refractivity contribution >= 4 is 11.7 Å². The molecule has 0 spiro atoms. The van der Waals surface area contributed by atoms with E-state index in [1.165, 1.54) is 0 Å². The highest BCUT2D eigenvalue weighted by molar-refractivity contribution is 5.84. The molecule has 5 nitrogen and oxygen atoms in total. The van der Waals surface area contributed by atoms with Gasteiger partial charge in [0, 0.05) is 12.7 Å². The monoisotopic (exact) mass is 234 g/mol. The van der Waals surface area contributed by atoms with Gasteiger partial charge in [-0.3, -0.25) is 9.78 Å². The van der Waals surface area contributed by atoms with Crippen LogP contribution in [0.15, 0.2) is 6.20 Å². The van der Waals surface area contributed by atoms with Gasteiger partial charge in [0.1, 0.15) is 11.9 Å². The lowest BCUT2D eigenvalue weighted by Crippen LogP contribution is -2.38. The van der Waals surface area contributed by atoms with Crippen molar-refractivity contribution in [2.24, 2.45) is 0 Å². The van der Waals surface area contributed by atoms with E-state index in [2.05, 4.69) is 20.6 Å². The van der Waals surface area contributed by atoms with Crippen molar-refractivity contribution in [1.82, 2.24) is 15.3 Å². The molecule has 1 aromatic rings. The Morgan fingerprint density at radius 2 is 2.24 bits per heavy atom. The molecule has 1 saturated heterocycles. The van der Waals surface area contributed by atoms with Crippen molar-refractivity contribution in [2.45, 2.75) is 39.2 Å². The van der Waals surface area contributed by atoms with Gasteiger partial charge in [-0.25, -0.2) is 4.98 Å². The van der Waals surface area contributed by atoms with E-state index in [9.17, 15) is 4.79 Å². The highest BCUT2D eigenvalue weighted by Crippen LogP contribution is 2.14. The van der Waals surface area contributed by atoms with Gasteiger partial charge in [0.15, 0.2) is 0 Å². The molecule has 1 aliphatic rings. The van der Waals surface area contributed by atoms with Gasteiger partial charge >= 0.3 is 0 Å². The maximum Gasteiger partial charge on any atom is 0.242 e. The predicted octanol–water partition coefficient (Wildman–Crippen LogP) is 1.17. The van der Waals surface area contributed by atoms with Gasteiger partial charge in [-0.1, -0.05) is 0 Å². The molecule has 0 bridgehead atoms. The summed E-state index contributed by atoms with van der Waals surface area (Å²) >= 11 is 0. The summed E-state index contributed by atoms with van der Waals surface area (Å²) in [6.07, 6.45) is 4.67. The first-order valence-corrected chi connectivity index (χ1v) is 6.01. The number of amides is 1. The van der Waals surface area contributed by atoms with Crippen LogP contribution in [0.1, 0.15) is 30.7 Å². The summed E-state index contributed by atoms with van der Waals surface area (Å²) in [5.41, 5.74) is 1.68. The first kappa shape index (κ1) is 11.8. The van der Waals surface area contributed by atoms with Crippen molar-refractivity contribution in [3.8, 4) is 0 Å². The molecule has 5 heteroatoms. The van der Waals surface area contributed by atoms with Crippen LogP contribution in [-0.4, -0.2) is 28.5 Å². The van der Waals surface area contributed by atoms with Gasteiger partial charge in [-0.15, -0.1) is 0 Å². The smallest absolute Gasteiger partial charge is 0.242 e. The number of hydrogen-bond acceptors (Lipinski definition) is 4. The zero-order valence-corrected chi connectivity index (χ0v) is 10.3. The minimum absolute atomic E-state index is 0.0604. The third kappa shape index (κ3) is 2.93. The quantitative estimate of drug-likeness (QED) is 0.806. The average Bonchev–Trinajstić information content (AvgIpc) is 2.50. The Morgan fingerprint density at radius 1 is 1.41 bits per heavy atom. The fraction of sp³-hybridized carbons (Fsp3) is 0.583. The Labute approximate surface area is 101 Å². The number of aromatic nitrogens is 2. The van der Waals surface area contributed by atoms with Crippen LogP contribution in [0.25, 0.3) is 0 Å². The Bertz CT molecular complexity index is 419. The largest absolute Gasteiger partial charge is 0.357 e. The standard InChI is InChI=1S/C12H18N4O/c1-8-7-14-9(2)11(15-8)16-10-5-3-4-6-13-12(10)17/h7,10H,3-6H2,1-2H3,(H,13,17)(H,15,16). The maximum absolute atomic E-state index is 11.8. The summed E-state index contributed by atoms with van der Waals surface area (Å²) < 4.78 is 0. The molecule has 1 fully saturated rings. The molecule has 1 atom stereocenters. The number of rotatable bonds is 2. The van der Waals surface area contributed by atoms with Crippen LogP contribution in [0.4, 0.5) is 5.82 Å². The first-order valence-electron chi connectivity index (χ1n) is 6.01. The maximum atomic E-state index is 11.8. The topological polar surface area (TPSA) is 66.9 Å². The number of carbonyl (C=O) groups is 1. The number of aryl methyl sites for hydroxylation is 2. The summed E-state index contributed by atoms with van der Waals surface area (Å²) in [5, 5.41) is 6.09. The van der Waals surface area contributed by atoms with E-state index in [0.717, 1.165) is 37.2 Å². The Balaban J connectivity index is 2.13. The summed E-state index contributed by atoms with van der Waals surface area (Å²) in [6.45, 7) is 4.56. The highest BCUT2D eigenvalue weighted by atomic mass is 16.2. The molecule has 92 valence electrons. The summed E-state index contributed by atoms with van der Waals surface area (Å²) in [7, 11) is 0. The van der Waals surface area contributed by atoms with E-state index in [1.807, 2.05) is 13.8 Å². The number of carbonyl (C=O) groups excluding carboxylic acids is 1. The minimum Gasteiger partial charge on any atom is -0.357 e. The fourth-order valence-electron chi connectivity index (χ4n) is 1.92. The molecule has 2 heterocycles. The van der Waals surface area contributed by atoms with E-state index in [4.69, 9.17) is 0 Å². The van der Waals surface area contributed by atoms with E-state index < -0.39 is 0 Å². The molecule has 1 aliphatic heterocycles. The van der Waals surface area contributed by atoms with Crippen molar-refractivity contribution in [3.05, 3.63) is 17.6 Å². The van der Waals surface area contributed by atoms with E-state index in [-0.39, 0.29) is 11.9 Å². The normalized spacial score (nSPS) is 20.6. The van der Waals surface area contributed by atoms with Crippen LogP contribution in [0, 0.1) is 13.8 Å². The molecule has 17 heavy (non-hydrogen) atoms. The van der Waals surface area contributed by atoms with Gasteiger partial charge in [-0.05, 0) is 33.1 Å². The average molecular weight is 234 g/mol. The second-order valence-electron chi connectivity index (χ2n) is 4.43. The number of anilines is 1. The Morgan fingerprint density at radius 3 is 3.06 bits per heavy atom. The minimum atomic E-state index is -0.188. The SMILES string of the molecule is Cc1cnc(C)c(NC2CCCCNC2=O)n1. The molecule has 0 aliphatic carbocycles. The molecule has 1 unspecified atom stereocenters. The summed E-state index contributed by atoms with van der Waals surface area (Å²) in [5.74, 6) is 0.775. The second kappa shape index (κ2) is 5.12. The van der Waals surface area contributed by atoms with Crippen molar-refractivity contribution < 1.29 is 4.79 Å². The molecule has 2 rings (SSSR count). The lowest BCUT2D eigenvalue weighted by Gasteiger charge is -2.17. The molecule has 2 N–H and O–H groups in total. The zero-order chi connectivity index (χ0) is 12.3. The van der Waals surface area contributed by atoms with Crippen molar-refractivity contribution in [3.63, 3.8) is 0 Å². The molecular weight excluding hydrogens is 216 g/mol. The van der Waals surface area contributed by atoms with Crippen molar-refractivity contribution in [1.29, 1.82) is 0 Å².